The van der Waals surface area contributed by atoms with Gasteiger partial charge in [0.05, 0.1) is 6.61 Å². The molecule has 1 atom stereocenters. The fraction of sp³-hybridized carbons (Fsp3) is 0.444. The molecule has 1 aromatic carbocycles. The number of benzene rings is 1. The first-order chi connectivity index (χ1) is 10.3. The van der Waals surface area contributed by atoms with Gasteiger partial charge in [-0.1, -0.05) is 35.9 Å². The van der Waals surface area contributed by atoms with Crippen molar-refractivity contribution in [3.05, 3.63) is 57.8 Å². The van der Waals surface area contributed by atoms with Gasteiger partial charge in [-0.3, -0.25) is 0 Å². The Hall–Kier alpha value is -1.16. The summed E-state index contributed by atoms with van der Waals surface area (Å²) >= 11 is 1.86. The summed E-state index contributed by atoms with van der Waals surface area (Å²) in [4.78, 5) is 1.47. The third-order valence-electron chi connectivity index (χ3n) is 3.59. The summed E-state index contributed by atoms with van der Waals surface area (Å²) in [6.07, 6.45) is 2.27. The molecule has 0 saturated carbocycles. The standard InChI is InChI=1S/C18H25NOS/c1-15-5-3-6-16(11-15)12-17(14-19-8-9-20-2)13-18-7-4-10-21-18/h3-7,10-11,17,19H,8-9,12-14H2,1-2H3. The predicted octanol–water partition coefficient (Wildman–Crippen LogP) is 3.69. The molecule has 0 aliphatic heterocycles. The van der Waals surface area contributed by atoms with E-state index in [-0.39, 0.29) is 0 Å². The number of hydrogen-bond acceptors (Lipinski definition) is 3. The van der Waals surface area contributed by atoms with Crippen molar-refractivity contribution >= 4 is 11.3 Å². The molecule has 0 aliphatic carbocycles. The van der Waals surface area contributed by atoms with E-state index in [4.69, 9.17) is 4.74 Å². The zero-order chi connectivity index (χ0) is 14.9. The minimum Gasteiger partial charge on any atom is -0.383 e. The van der Waals surface area contributed by atoms with Gasteiger partial charge in [0.25, 0.3) is 0 Å². The number of hydrogen-bond donors (Lipinski definition) is 1. The van der Waals surface area contributed by atoms with Crippen LogP contribution in [0.5, 0.6) is 0 Å². The third kappa shape index (κ3) is 6.00. The lowest BCUT2D eigenvalue weighted by Gasteiger charge is -2.17. The molecule has 1 aromatic heterocycles. The van der Waals surface area contributed by atoms with E-state index in [1.54, 1.807) is 7.11 Å². The zero-order valence-corrected chi connectivity index (χ0v) is 13.8. The maximum Gasteiger partial charge on any atom is 0.0587 e. The lowest BCUT2D eigenvalue weighted by atomic mass is 9.94. The number of rotatable bonds is 9. The van der Waals surface area contributed by atoms with Crippen molar-refractivity contribution in [3.63, 3.8) is 0 Å². The van der Waals surface area contributed by atoms with Gasteiger partial charge >= 0.3 is 0 Å². The van der Waals surface area contributed by atoms with Crippen LogP contribution in [-0.4, -0.2) is 26.8 Å². The molecular weight excluding hydrogens is 278 g/mol. The average Bonchev–Trinajstić information content (AvgIpc) is 2.96. The smallest absolute Gasteiger partial charge is 0.0587 e. The van der Waals surface area contributed by atoms with Crippen molar-refractivity contribution in [2.45, 2.75) is 19.8 Å². The maximum atomic E-state index is 5.10. The lowest BCUT2D eigenvalue weighted by molar-refractivity contribution is 0.197. The monoisotopic (exact) mass is 303 g/mol. The Morgan fingerprint density at radius 2 is 2.10 bits per heavy atom. The molecule has 0 radical (unpaired) electrons. The summed E-state index contributed by atoms with van der Waals surface area (Å²) in [6, 6.07) is 13.2. The van der Waals surface area contributed by atoms with E-state index in [0.717, 1.165) is 32.5 Å². The Morgan fingerprint density at radius 1 is 1.19 bits per heavy atom. The van der Waals surface area contributed by atoms with Crippen molar-refractivity contribution < 1.29 is 4.74 Å². The fourth-order valence-corrected chi connectivity index (χ4v) is 3.40. The largest absolute Gasteiger partial charge is 0.383 e. The SMILES string of the molecule is COCCNCC(Cc1cccc(C)c1)Cc1cccs1. The van der Waals surface area contributed by atoms with E-state index in [1.165, 1.54) is 16.0 Å². The highest BCUT2D eigenvalue weighted by Crippen LogP contribution is 2.18. The molecule has 0 amide bonds. The number of ether oxygens (including phenoxy) is 1. The van der Waals surface area contributed by atoms with E-state index < -0.39 is 0 Å². The van der Waals surface area contributed by atoms with Crippen LogP contribution in [0.1, 0.15) is 16.0 Å². The minimum absolute atomic E-state index is 0.627. The first-order valence-corrected chi connectivity index (χ1v) is 8.43. The van der Waals surface area contributed by atoms with Crippen LogP contribution >= 0.6 is 11.3 Å². The Kier molecular flexibility index (Phi) is 6.93. The van der Waals surface area contributed by atoms with Gasteiger partial charge in [-0.2, -0.15) is 0 Å². The van der Waals surface area contributed by atoms with Crippen molar-refractivity contribution in [2.75, 3.05) is 26.8 Å². The topological polar surface area (TPSA) is 21.3 Å². The second-order valence-corrected chi connectivity index (χ2v) is 6.57. The molecule has 114 valence electrons. The molecular formula is C18H25NOS. The Morgan fingerprint density at radius 3 is 2.81 bits per heavy atom. The Labute approximate surface area is 132 Å². The number of aryl methyl sites for hydroxylation is 1. The Balaban J connectivity index is 1.93. The second-order valence-electron chi connectivity index (χ2n) is 5.54. The van der Waals surface area contributed by atoms with E-state index in [0.29, 0.717) is 5.92 Å². The van der Waals surface area contributed by atoms with Gasteiger partial charge in [0.2, 0.25) is 0 Å². The van der Waals surface area contributed by atoms with E-state index in [1.807, 2.05) is 11.3 Å². The first kappa shape index (κ1) is 16.2. The molecule has 3 heteroatoms. The highest BCUT2D eigenvalue weighted by molar-refractivity contribution is 7.09. The van der Waals surface area contributed by atoms with Crippen LogP contribution in [0.15, 0.2) is 41.8 Å². The summed E-state index contributed by atoms with van der Waals surface area (Å²) in [6.45, 7) is 4.89. The normalized spacial score (nSPS) is 12.5. The summed E-state index contributed by atoms with van der Waals surface area (Å²) in [7, 11) is 1.75. The van der Waals surface area contributed by atoms with Crippen molar-refractivity contribution in [3.8, 4) is 0 Å². The molecule has 0 fully saturated rings. The van der Waals surface area contributed by atoms with Crippen molar-refractivity contribution in [1.29, 1.82) is 0 Å². The van der Waals surface area contributed by atoms with Crippen LogP contribution in [0.2, 0.25) is 0 Å². The van der Waals surface area contributed by atoms with E-state index >= 15 is 0 Å². The highest BCUT2D eigenvalue weighted by Gasteiger charge is 2.11. The summed E-state index contributed by atoms with van der Waals surface area (Å²) in [5, 5.41) is 5.68. The molecule has 2 rings (SSSR count). The number of nitrogens with one attached hydrogen (secondary N) is 1. The van der Waals surface area contributed by atoms with Crippen LogP contribution in [-0.2, 0) is 17.6 Å². The van der Waals surface area contributed by atoms with Gasteiger partial charge in [-0.25, -0.2) is 0 Å². The molecule has 21 heavy (non-hydrogen) atoms. The van der Waals surface area contributed by atoms with Gasteiger partial charge in [0, 0.05) is 18.5 Å². The fourth-order valence-electron chi connectivity index (χ4n) is 2.58. The Bertz CT molecular complexity index is 510. The van der Waals surface area contributed by atoms with Crippen molar-refractivity contribution in [1.82, 2.24) is 5.32 Å². The average molecular weight is 303 g/mol. The molecule has 1 N–H and O–H groups in total. The molecule has 1 unspecified atom stereocenters. The molecule has 0 bridgehead atoms. The first-order valence-electron chi connectivity index (χ1n) is 7.55. The van der Waals surface area contributed by atoms with Gasteiger partial charge < -0.3 is 10.1 Å². The molecule has 0 spiro atoms. The molecule has 0 aliphatic rings. The van der Waals surface area contributed by atoms with E-state index in [2.05, 4.69) is 54.0 Å². The lowest BCUT2D eigenvalue weighted by Crippen LogP contribution is -2.28. The van der Waals surface area contributed by atoms with Crippen LogP contribution in [0.25, 0.3) is 0 Å². The van der Waals surface area contributed by atoms with E-state index in [9.17, 15) is 0 Å². The summed E-state index contributed by atoms with van der Waals surface area (Å²) in [5.74, 6) is 0.627. The van der Waals surface area contributed by atoms with Crippen LogP contribution in [0.4, 0.5) is 0 Å². The van der Waals surface area contributed by atoms with Gasteiger partial charge in [-0.05, 0) is 49.2 Å². The third-order valence-corrected chi connectivity index (χ3v) is 4.49. The summed E-state index contributed by atoms with van der Waals surface area (Å²) < 4.78 is 5.10. The quantitative estimate of drug-likeness (QED) is 0.713. The number of thiophene rings is 1. The molecule has 2 nitrogen and oxygen atoms in total. The zero-order valence-electron chi connectivity index (χ0n) is 13.0. The highest BCUT2D eigenvalue weighted by atomic mass is 32.1. The number of methoxy groups -OCH3 is 1. The summed E-state index contributed by atoms with van der Waals surface area (Å²) in [5.41, 5.74) is 2.78. The molecule has 1 heterocycles. The molecule has 2 aromatic rings. The second kappa shape index (κ2) is 8.98. The molecule has 0 saturated heterocycles. The van der Waals surface area contributed by atoms with Gasteiger partial charge in [-0.15, -0.1) is 11.3 Å². The van der Waals surface area contributed by atoms with Crippen LogP contribution in [0.3, 0.4) is 0 Å². The van der Waals surface area contributed by atoms with Crippen molar-refractivity contribution in [2.24, 2.45) is 5.92 Å². The van der Waals surface area contributed by atoms with Gasteiger partial charge in [0.15, 0.2) is 0 Å². The van der Waals surface area contributed by atoms with Gasteiger partial charge in [0.1, 0.15) is 0 Å². The maximum absolute atomic E-state index is 5.10. The predicted molar refractivity (Wildman–Crippen MR) is 91.1 cm³/mol. The van der Waals surface area contributed by atoms with Crippen LogP contribution < -0.4 is 5.32 Å². The van der Waals surface area contributed by atoms with Crippen LogP contribution in [0, 0.1) is 12.8 Å². The minimum atomic E-state index is 0.627.